The second-order valence-corrected chi connectivity index (χ2v) is 8.19. The summed E-state index contributed by atoms with van der Waals surface area (Å²) in [6.07, 6.45) is 8.19. The third-order valence-electron chi connectivity index (χ3n) is 5.75. The third kappa shape index (κ3) is 5.89. The fourth-order valence-electron chi connectivity index (χ4n) is 4.00. The van der Waals surface area contributed by atoms with Gasteiger partial charge in [0.1, 0.15) is 11.9 Å². The van der Waals surface area contributed by atoms with Gasteiger partial charge in [-0.05, 0) is 25.0 Å². The molecule has 0 radical (unpaired) electrons. The van der Waals surface area contributed by atoms with Gasteiger partial charge in [-0.15, -0.1) is 0 Å². The van der Waals surface area contributed by atoms with Crippen LogP contribution in [0.2, 0.25) is 0 Å². The Morgan fingerprint density at radius 1 is 1.16 bits per heavy atom. The number of aromatic nitrogens is 7. The fourth-order valence-corrected chi connectivity index (χ4v) is 4.00. The van der Waals surface area contributed by atoms with Crippen molar-refractivity contribution in [2.24, 2.45) is 7.05 Å². The number of nitrogens with zero attached hydrogens (tertiary/aromatic N) is 7. The van der Waals surface area contributed by atoms with Gasteiger partial charge in [0.25, 0.3) is 0 Å². The topological polar surface area (TPSA) is 154 Å². The van der Waals surface area contributed by atoms with Crippen molar-refractivity contribution in [2.75, 3.05) is 31.0 Å². The van der Waals surface area contributed by atoms with E-state index < -0.39 is 5.97 Å². The standard InChI is InChI=1S/C23H25N9O4.C2H6/c1-31-13-25-20(30-31)16-4-3-5-18(19(16)35-2)28-21-17(22(33)34)11-24-23(29-21)27-14-10-26-32(12-14)15-6-8-36-9-7-15;1-2/h3-5,10-13,15H,6-9H2,1-2H3,(H,33,34)(H2,24,27,28,29);1-2H3. The number of aromatic carboxylic acids is 1. The van der Waals surface area contributed by atoms with Crippen LogP contribution in [0.3, 0.4) is 0 Å². The molecule has 0 atom stereocenters. The summed E-state index contributed by atoms with van der Waals surface area (Å²) in [5.74, 6) is 0.0728. The Morgan fingerprint density at radius 2 is 1.95 bits per heavy atom. The van der Waals surface area contributed by atoms with Crippen molar-refractivity contribution < 1.29 is 19.4 Å². The molecule has 0 bridgehead atoms. The summed E-state index contributed by atoms with van der Waals surface area (Å²) in [5, 5.41) is 24.7. The van der Waals surface area contributed by atoms with Crippen molar-refractivity contribution in [3.05, 3.63) is 48.7 Å². The largest absolute Gasteiger partial charge is 0.494 e. The molecule has 3 aromatic heterocycles. The molecule has 0 unspecified atom stereocenters. The van der Waals surface area contributed by atoms with E-state index in [2.05, 4.69) is 35.8 Å². The van der Waals surface area contributed by atoms with E-state index in [1.54, 1.807) is 36.4 Å². The minimum atomic E-state index is -1.17. The molecule has 0 saturated carbocycles. The van der Waals surface area contributed by atoms with Crippen molar-refractivity contribution in [1.82, 2.24) is 34.5 Å². The van der Waals surface area contributed by atoms with Gasteiger partial charge >= 0.3 is 5.97 Å². The van der Waals surface area contributed by atoms with Gasteiger partial charge in [0, 0.05) is 32.7 Å². The summed E-state index contributed by atoms with van der Waals surface area (Å²) < 4.78 is 14.5. The number of carboxylic acid groups (broad SMARTS) is 1. The molecule has 5 rings (SSSR count). The first-order valence-corrected chi connectivity index (χ1v) is 12.3. The van der Waals surface area contributed by atoms with Crippen molar-refractivity contribution in [1.29, 1.82) is 0 Å². The molecule has 1 fully saturated rings. The van der Waals surface area contributed by atoms with E-state index >= 15 is 0 Å². The number of para-hydroxylation sites is 1. The van der Waals surface area contributed by atoms with Gasteiger partial charge in [-0.25, -0.2) is 14.8 Å². The Morgan fingerprint density at radius 3 is 2.63 bits per heavy atom. The minimum absolute atomic E-state index is 0.0955. The average molecular weight is 522 g/mol. The minimum Gasteiger partial charge on any atom is -0.494 e. The Labute approximate surface area is 219 Å². The Hall–Kier alpha value is -4.52. The van der Waals surface area contributed by atoms with Crippen LogP contribution in [0.25, 0.3) is 11.4 Å². The van der Waals surface area contributed by atoms with E-state index in [4.69, 9.17) is 9.47 Å². The number of anilines is 4. The summed E-state index contributed by atoms with van der Waals surface area (Å²) in [6.45, 7) is 5.42. The summed E-state index contributed by atoms with van der Waals surface area (Å²) in [4.78, 5) is 24.8. The van der Waals surface area contributed by atoms with Crippen LogP contribution in [-0.4, -0.2) is 65.9 Å². The first-order chi connectivity index (χ1) is 18.5. The maximum Gasteiger partial charge on any atom is 0.341 e. The lowest BCUT2D eigenvalue weighted by molar-refractivity contribution is 0.0662. The van der Waals surface area contributed by atoms with Gasteiger partial charge in [0.15, 0.2) is 17.4 Å². The van der Waals surface area contributed by atoms with E-state index in [9.17, 15) is 9.90 Å². The predicted molar refractivity (Wildman–Crippen MR) is 141 cm³/mol. The zero-order chi connectivity index (χ0) is 27.1. The first-order valence-electron chi connectivity index (χ1n) is 12.3. The maximum atomic E-state index is 11.9. The lowest BCUT2D eigenvalue weighted by atomic mass is 10.1. The van der Waals surface area contributed by atoms with Gasteiger partial charge < -0.3 is 25.2 Å². The van der Waals surface area contributed by atoms with Crippen LogP contribution in [0.5, 0.6) is 5.75 Å². The van der Waals surface area contributed by atoms with Crippen molar-refractivity contribution in [2.45, 2.75) is 32.7 Å². The van der Waals surface area contributed by atoms with Gasteiger partial charge in [-0.1, -0.05) is 19.9 Å². The quantitative estimate of drug-likeness (QED) is 0.308. The second-order valence-electron chi connectivity index (χ2n) is 8.19. The molecule has 1 saturated heterocycles. The predicted octanol–water partition coefficient (Wildman–Crippen LogP) is 4.04. The number of methoxy groups -OCH3 is 1. The van der Waals surface area contributed by atoms with Crippen LogP contribution in [0.4, 0.5) is 23.1 Å². The Kier molecular flexibility index (Phi) is 8.48. The van der Waals surface area contributed by atoms with E-state index in [0.29, 0.717) is 41.7 Å². The van der Waals surface area contributed by atoms with Gasteiger partial charge in [-0.3, -0.25) is 9.36 Å². The SMILES string of the molecule is CC.COc1c(Nc2nc(Nc3cnn(C4CCOCC4)c3)ncc2C(=O)O)cccc1-c1ncn(C)n1. The highest BCUT2D eigenvalue weighted by Gasteiger charge is 2.20. The smallest absolute Gasteiger partial charge is 0.341 e. The van der Waals surface area contributed by atoms with E-state index in [1.165, 1.54) is 13.3 Å². The zero-order valence-corrected chi connectivity index (χ0v) is 21.7. The van der Waals surface area contributed by atoms with Crippen molar-refractivity contribution in [3.63, 3.8) is 0 Å². The molecule has 200 valence electrons. The van der Waals surface area contributed by atoms with Crippen molar-refractivity contribution >= 4 is 29.1 Å². The molecule has 0 amide bonds. The number of rotatable bonds is 8. The Bertz CT molecular complexity index is 1380. The molecule has 13 nitrogen and oxygen atoms in total. The zero-order valence-electron chi connectivity index (χ0n) is 21.7. The maximum absolute atomic E-state index is 11.9. The van der Waals surface area contributed by atoms with Crippen LogP contribution in [0, 0.1) is 0 Å². The molecule has 1 aromatic carbocycles. The average Bonchev–Trinajstić information content (AvgIpc) is 3.59. The van der Waals surface area contributed by atoms with Crippen LogP contribution in [-0.2, 0) is 11.8 Å². The number of hydrogen-bond donors (Lipinski definition) is 3. The number of aryl methyl sites for hydroxylation is 1. The summed E-state index contributed by atoms with van der Waals surface area (Å²) >= 11 is 0. The molecular weight excluding hydrogens is 490 g/mol. The van der Waals surface area contributed by atoms with E-state index in [0.717, 1.165) is 12.8 Å². The number of hydrogen-bond acceptors (Lipinski definition) is 10. The molecule has 1 aliphatic rings. The number of nitrogens with one attached hydrogen (secondary N) is 2. The second kappa shape index (κ2) is 12.1. The normalized spacial score (nSPS) is 13.4. The van der Waals surface area contributed by atoms with Crippen LogP contribution < -0.4 is 15.4 Å². The number of carbonyl (C=O) groups is 1. The molecule has 0 spiro atoms. The fraction of sp³-hybridized carbons (Fsp3) is 0.360. The molecule has 38 heavy (non-hydrogen) atoms. The van der Waals surface area contributed by atoms with Crippen LogP contribution >= 0.6 is 0 Å². The highest BCUT2D eigenvalue weighted by Crippen LogP contribution is 2.36. The highest BCUT2D eigenvalue weighted by atomic mass is 16.5. The Balaban J connectivity index is 0.00000164. The lowest BCUT2D eigenvalue weighted by Gasteiger charge is -2.22. The highest BCUT2D eigenvalue weighted by molar-refractivity contribution is 5.94. The molecule has 1 aliphatic heterocycles. The molecular formula is C25H31N9O4. The number of carboxylic acids is 1. The van der Waals surface area contributed by atoms with Gasteiger partial charge in [0.2, 0.25) is 5.95 Å². The molecule has 0 aliphatic carbocycles. The third-order valence-corrected chi connectivity index (χ3v) is 5.75. The molecule has 3 N–H and O–H groups in total. The first kappa shape index (κ1) is 26.5. The molecule has 13 heteroatoms. The summed E-state index contributed by atoms with van der Waals surface area (Å²) in [6, 6.07) is 5.64. The lowest BCUT2D eigenvalue weighted by Crippen LogP contribution is -2.19. The van der Waals surface area contributed by atoms with Gasteiger partial charge in [0.05, 0.1) is 36.3 Å². The van der Waals surface area contributed by atoms with Crippen LogP contribution in [0.1, 0.15) is 43.1 Å². The summed E-state index contributed by atoms with van der Waals surface area (Å²) in [7, 11) is 3.29. The van der Waals surface area contributed by atoms with Crippen LogP contribution in [0.15, 0.2) is 43.1 Å². The molecule has 4 aromatic rings. The van der Waals surface area contributed by atoms with E-state index in [1.807, 2.05) is 30.8 Å². The summed E-state index contributed by atoms with van der Waals surface area (Å²) in [5.41, 5.74) is 1.74. The number of ether oxygens (including phenoxy) is 2. The van der Waals surface area contributed by atoms with E-state index in [-0.39, 0.29) is 23.4 Å². The number of benzene rings is 1. The monoisotopic (exact) mass is 521 g/mol. The van der Waals surface area contributed by atoms with Gasteiger partial charge in [-0.2, -0.15) is 15.2 Å². The molecule has 4 heterocycles. The van der Waals surface area contributed by atoms with Crippen molar-refractivity contribution in [3.8, 4) is 17.1 Å².